The number of thiocarbonyl (C=S) groups is 1. The summed E-state index contributed by atoms with van der Waals surface area (Å²) in [6.45, 7) is 7.85. The second-order valence-corrected chi connectivity index (χ2v) is 4.64. The van der Waals surface area contributed by atoms with Crippen LogP contribution >= 0.6 is 12.2 Å². The average molecular weight is 237 g/mol. The van der Waals surface area contributed by atoms with Crippen LogP contribution in [0, 0.1) is 12.8 Å². The Morgan fingerprint density at radius 2 is 2.12 bits per heavy atom. The Hall–Kier alpha value is -1.16. The summed E-state index contributed by atoms with van der Waals surface area (Å²) in [6, 6.07) is 5.98. The number of pyridine rings is 1. The van der Waals surface area contributed by atoms with Gasteiger partial charge in [0.25, 0.3) is 0 Å². The van der Waals surface area contributed by atoms with Gasteiger partial charge in [0.15, 0.2) is 5.11 Å². The van der Waals surface area contributed by atoms with Gasteiger partial charge in [-0.05, 0) is 37.2 Å². The summed E-state index contributed by atoms with van der Waals surface area (Å²) >= 11 is 5.15. The Labute approximate surface area is 103 Å². The van der Waals surface area contributed by atoms with Crippen LogP contribution in [0.2, 0.25) is 0 Å². The number of hydrogen-bond acceptors (Lipinski definition) is 2. The standard InChI is InChI=1S/C12H19N3S/c1-9(2)7-13-12(16)14-8-11-6-4-5-10(3)15-11/h4-6,9H,7-8H2,1-3H3,(H2,13,14,16). The number of nitrogens with zero attached hydrogens (tertiary/aromatic N) is 1. The number of aryl methyl sites for hydroxylation is 1. The largest absolute Gasteiger partial charge is 0.362 e. The molecule has 3 nitrogen and oxygen atoms in total. The summed E-state index contributed by atoms with van der Waals surface area (Å²) in [5, 5.41) is 6.99. The molecule has 0 aliphatic heterocycles. The monoisotopic (exact) mass is 237 g/mol. The molecule has 0 unspecified atom stereocenters. The molecule has 4 heteroatoms. The molecule has 16 heavy (non-hydrogen) atoms. The van der Waals surface area contributed by atoms with Crippen molar-refractivity contribution in [2.45, 2.75) is 27.3 Å². The van der Waals surface area contributed by atoms with Gasteiger partial charge in [-0.3, -0.25) is 4.98 Å². The minimum absolute atomic E-state index is 0.594. The Bertz CT molecular complexity index is 350. The van der Waals surface area contributed by atoms with Gasteiger partial charge in [-0.2, -0.15) is 0 Å². The van der Waals surface area contributed by atoms with Crippen LogP contribution in [0.15, 0.2) is 18.2 Å². The lowest BCUT2D eigenvalue weighted by atomic mass is 10.2. The van der Waals surface area contributed by atoms with Crippen LogP contribution in [-0.4, -0.2) is 16.6 Å². The van der Waals surface area contributed by atoms with E-state index in [4.69, 9.17) is 12.2 Å². The van der Waals surface area contributed by atoms with Crippen molar-refractivity contribution in [3.63, 3.8) is 0 Å². The van der Waals surface area contributed by atoms with Crippen molar-refractivity contribution in [2.75, 3.05) is 6.54 Å². The topological polar surface area (TPSA) is 37.0 Å². The van der Waals surface area contributed by atoms with Crippen molar-refractivity contribution in [1.82, 2.24) is 15.6 Å². The quantitative estimate of drug-likeness (QED) is 0.786. The molecule has 0 aliphatic carbocycles. The van der Waals surface area contributed by atoms with E-state index in [-0.39, 0.29) is 0 Å². The van der Waals surface area contributed by atoms with E-state index in [1.165, 1.54) is 0 Å². The van der Waals surface area contributed by atoms with Crippen LogP contribution in [0.4, 0.5) is 0 Å². The summed E-state index contributed by atoms with van der Waals surface area (Å²) in [4.78, 5) is 4.39. The highest BCUT2D eigenvalue weighted by Crippen LogP contribution is 1.97. The fourth-order valence-corrected chi connectivity index (χ4v) is 1.38. The first-order valence-corrected chi connectivity index (χ1v) is 5.93. The second-order valence-electron chi connectivity index (χ2n) is 4.23. The first-order chi connectivity index (χ1) is 7.58. The van der Waals surface area contributed by atoms with Crippen molar-refractivity contribution in [2.24, 2.45) is 5.92 Å². The maximum atomic E-state index is 5.15. The highest BCUT2D eigenvalue weighted by molar-refractivity contribution is 7.80. The summed E-state index contributed by atoms with van der Waals surface area (Å²) < 4.78 is 0. The van der Waals surface area contributed by atoms with Crippen LogP contribution in [-0.2, 0) is 6.54 Å². The van der Waals surface area contributed by atoms with Gasteiger partial charge in [-0.15, -0.1) is 0 Å². The lowest BCUT2D eigenvalue weighted by Crippen LogP contribution is -2.36. The van der Waals surface area contributed by atoms with Gasteiger partial charge in [0.2, 0.25) is 0 Å². The Kier molecular flexibility index (Phi) is 5.19. The fourth-order valence-electron chi connectivity index (χ4n) is 1.23. The molecule has 0 radical (unpaired) electrons. The smallest absolute Gasteiger partial charge is 0.166 e. The van der Waals surface area contributed by atoms with Crippen LogP contribution in [0.3, 0.4) is 0 Å². The SMILES string of the molecule is Cc1cccc(CNC(=S)NCC(C)C)n1. The Morgan fingerprint density at radius 3 is 2.75 bits per heavy atom. The van der Waals surface area contributed by atoms with Crippen molar-refractivity contribution in [3.05, 3.63) is 29.6 Å². The predicted octanol–water partition coefficient (Wildman–Crippen LogP) is 2.01. The molecule has 0 amide bonds. The third-order valence-electron chi connectivity index (χ3n) is 2.05. The Balaban J connectivity index is 2.31. The zero-order chi connectivity index (χ0) is 12.0. The summed E-state index contributed by atoms with van der Waals surface area (Å²) in [7, 11) is 0. The molecular formula is C12H19N3S. The van der Waals surface area contributed by atoms with Crippen LogP contribution in [0.25, 0.3) is 0 Å². The van der Waals surface area contributed by atoms with Crippen LogP contribution < -0.4 is 10.6 Å². The van der Waals surface area contributed by atoms with Gasteiger partial charge in [0.05, 0.1) is 12.2 Å². The van der Waals surface area contributed by atoms with Crippen molar-refractivity contribution in [3.8, 4) is 0 Å². The van der Waals surface area contributed by atoms with Gasteiger partial charge in [0.1, 0.15) is 0 Å². The van der Waals surface area contributed by atoms with E-state index in [1.807, 2.05) is 25.1 Å². The minimum atomic E-state index is 0.594. The Morgan fingerprint density at radius 1 is 1.38 bits per heavy atom. The summed E-state index contributed by atoms with van der Waals surface area (Å²) in [5.41, 5.74) is 2.04. The summed E-state index contributed by atoms with van der Waals surface area (Å²) in [5.74, 6) is 0.594. The van der Waals surface area contributed by atoms with E-state index in [0.717, 1.165) is 17.9 Å². The van der Waals surface area contributed by atoms with E-state index in [9.17, 15) is 0 Å². The highest BCUT2D eigenvalue weighted by Gasteiger charge is 1.99. The number of aromatic nitrogens is 1. The number of nitrogens with one attached hydrogen (secondary N) is 2. The molecule has 0 bridgehead atoms. The molecule has 1 aromatic heterocycles. The molecule has 0 aliphatic rings. The summed E-state index contributed by atoms with van der Waals surface area (Å²) in [6.07, 6.45) is 0. The van der Waals surface area contributed by atoms with Gasteiger partial charge in [-0.25, -0.2) is 0 Å². The third-order valence-corrected chi connectivity index (χ3v) is 2.34. The molecular weight excluding hydrogens is 218 g/mol. The zero-order valence-electron chi connectivity index (χ0n) is 10.1. The first kappa shape index (κ1) is 12.9. The molecule has 0 saturated carbocycles. The van der Waals surface area contributed by atoms with Crippen LogP contribution in [0.1, 0.15) is 25.2 Å². The normalized spacial score (nSPS) is 10.2. The van der Waals surface area contributed by atoms with Gasteiger partial charge in [-0.1, -0.05) is 19.9 Å². The van der Waals surface area contributed by atoms with Crippen LogP contribution in [0.5, 0.6) is 0 Å². The molecule has 2 N–H and O–H groups in total. The van der Waals surface area contributed by atoms with Gasteiger partial charge < -0.3 is 10.6 Å². The van der Waals surface area contributed by atoms with Crippen molar-refractivity contribution < 1.29 is 0 Å². The number of hydrogen-bond donors (Lipinski definition) is 2. The number of rotatable bonds is 4. The molecule has 0 spiro atoms. The molecule has 88 valence electrons. The maximum absolute atomic E-state index is 5.15. The fraction of sp³-hybridized carbons (Fsp3) is 0.500. The second kappa shape index (κ2) is 6.43. The molecule has 0 atom stereocenters. The molecule has 0 fully saturated rings. The molecule has 1 rings (SSSR count). The van der Waals surface area contributed by atoms with E-state index >= 15 is 0 Å². The van der Waals surface area contributed by atoms with E-state index in [2.05, 4.69) is 29.5 Å². The highest BCUT2D eigenvalue weighted by atomic mass is 32.1. The molecule has 1 heterocycles. The lowest BCUT2D eigenvalue weighted by Gasteiger charge is -2.11. The van der Waals surface area contributed by atoms with Gasteiger partial charge >= 0.3 is 0 Å². The minimum Gasteiger partial charge on any atom is -0.362 e. The lowest BCUT2D eigenvalue weighted by molar-refractivity contribution is 0.619. The van der Waals surface area contributed by atoms with Gasteiger partial charge in [0, 0.05) is 12.2 Å². The predicted molar refractivity (Wildman–Crippen MR) is 71.3 cm³/mol. The zero-order valence-corrected chi connectivity index (χ0v) is 10.9. The molecule has 1 aromatic rings. The third kappa shape index (κ3) is 5.07. The van der Waals surface area contributed by atoms with Crippen molar-refractivity contribution in [1.29, 1.82) is 0 Å². The molecule has 0 saturated heterocycles. The first-order valence-electron chi connectivity index (χ1n) is 5.52. The van der Waals surface area contributed by atoms with E-state index < -0.39 is 0 Å². The van der Waals surface area contributed by atoms with Crippen molar-refractivity contribution >= 4 is 17.3 Å². The van der Waals surface area contributed by atoms with E-state index in [0.29, 0.717) is 17.6 Å². The maximum Gasteiger partial charge on any atom is 0.166 e. The average Bonchev–Trinajstić information content (AvgIpc) is 2.23. The van der Waals surface area contributed by atoms with E-state index in [1.54, 1.807) is 0 Å². The molecule has 0 aromatic carbocycles.